The van der Waals surface area contributed by atoms with E-state index in [1.165, 1.54) is 441 Å². The molecule has 0 aromatic carbocycles. The maximum Gasteiger partial charge on any atom is 0.0782 e. The van der Waals surface area contributed by atoms with Gasteiger partial charge in [-0.25, -0.2) is 9.97 Å². The third kappa shape index (κ3) is 39.4. The van der Waals surface area contributed by atoms with Gasteiger partial charge in [0.15, 0.2) is 0 Å². The molecule has 574 valence electrons. The maximum absolute atomic E-state index is 6.25. The van der Waals surface area contributed by atoms with E-state index in [-0.39, 0.29) is 0 Å². The lowest BCUT2D eigenvalue weighted by atomic mass is 9.85. The van der Waals surface area contributed by atoms with Crippen LogP contribution in [0, 0.1) is 0 Å². The first-order valence-electron chi connectivity index (χ1n) is 45.7. The van der Waals surface area contributed by atoms with Crippen molar-refractivity contribution in [1.82, 2.24) is 24.9 Å². The molecule has 4 aromatic rings. The number of nitrogens with one attached hydrogen (secondary N) is 2. The summed E-state index contributed by atoms with van der Waals surface area (Å²) in [5.74, 6) is 0. The minimum atomic E-state index is 0.964. The molecule has 0 fully saturated rings. The topological polar surface area (TPSA) is 70.2 Å². The largest absolute Gasteiger partial charge is 0.355 e. The van der Waals surface area contributed by atoms with Gasteiger partial charge in [0.05, 0.1) is 34.0 Å². The second-order valence-electron chi connectivity index (χ2n) is 32.6. The molecule has 0 aliphatic carbocycles. The van der Waals surface area contributed by atoms with Crippen LogP contribution in [-0.2, 0) is 25.7 Å². The van der Waals surface area contributed by atoms with Crippen LogP contribution in [0.1, 0.15) is 484 Å². The number of H-pyrrole nitrogens is 2. The molecule has 0 unspecified atom stereocenters. The van der Waals surface area contributed by atoms with E-state index in [1.54, 1.807) is 16.7 Å². The lowest BCUT2D eigenvalue weighted by Gasteiger charge is -2.23. The Labute approximate surface area is 630 Å². The monoisotopic (exact) mass is 1400 g/mol. The fourth-order valence-corrected chi connectivity index (χ4v) is 16.7. The van der Waals surface area contributed by atoms with E-state index in [0.717, 1.165) is 57.7 Å². The van der Waals surface area contributed by atoms with E-state index in [1.807, 2.05) is 0 Å². The molecule has 2 aliphatic rings. The summed E-state index contributed by atoms with van der Waals surface area (Å²) in [6.45, 7) is 9.32. The van der Waals surface area contributed by atoms with E-state index in [0.29, 0.717) is 0 Å². The summed E-state index contributed by atoms with van der Waals surface area (Å²) in [4.78, 5) is 24.6. The fraction of sp³-hybridized carbons (Fsp3) is 0.742. The number of rotatable bonds is 69. The van der Waals surface area contributed by atoms with Gasteiger partial charge in [-0.2, -0.15) is 0 Å². The standard InChI is InChI=1S/C97H161N5/c1-5-9-13-17-21-25-29-33-37-41-45-49-53-57-61-65-69-90-91(70-66-62-58-54-50-46-42-38-34-30-26-22-18-14-10-6-2)93(72-68-64-60-56-52-48-44-40-36-32-28-24-20-16-12-8-4)102-97(92(90)71-67-63-59-55-51-47-43-39-35-31-27-23-19-15-11-7-3)96-94-79-77-88(100-94)82-86-75-73-84(98-86)81-85-74-76-87(99-85)83-89-78-80-95(96)101-89/h73-83,98,101H,5-72H2,1-4H3. The lowest BCUT2D eigenvalue weighted by molar-refractivity contribution is 0.526. The molecule has 0 saturated carbocycles. The molecular weight excluding hydrogens is 1240 g/mol. The molecule has 6 heterocycles. The second kappa shape index (κ2) is 59.8. The van der Waals surface area contributed by atoms with Crippen LogP contribution in [-0.4, -0.2) is 24.9 Å². The number of fused-ring (bicyclic) bond motifs is 8. The first kappa shape index (κ1) is 86.7. The van der Waals surface area contributed by atoms with E-state index in [9.17, 15) is 0 Å². The second-order valence-corrected chi connectivity index (χ2v) is 32.6. The number of unbranched alkanes of at least 4 members (excludes halogenated alkanes) is 60. The van der Waals surface area contributed by atoms with E-state index in [4.69, 9.17) is 15.0 Å². The molecule has 0 spiro atoms. The normalized spacial score (nSPS) is 12.2. The zero-order chi connectivity index (χ0) is 71.5. The number of hydrogen-bond acceptors (Lipinski definition) is 3. The summed E-state index contributed by atoms with van der Waals surface area (Å²) in [7, 11) is 0. The van der Waals surface area contributed by atoms with Crippen molar-refractivity contribution in [1.29, 1.82) is 0 Å². The molecule has 2 N–H and O–H groups in total. The van der Waals surface area contributed by atoms with Crippen molar-refractivity contribution in [3.63, 3.8) is 0 Å². The summed E-state index contributed by atoms with van der Waals surface area (Å²) in [6, 6.07) is 15.5. The van der Waals surface area contributed by atoms with E-state index < -0.39 is 0 Å². The van der Waals surface area contributed by atoms with Crippen molar-refractivity contribution in [3.05, 3.63) is 87.6 Å². The number of pyridine rings is 1. The molecule has 5 nitrogen and oxygen atoms in total. The van der Waals surface area contributed by atoms with Crippen molar-refractivity contribution >= 4 is 46.4 Å². The van der Waals surface area contributed by atoms with Gasteiger partial charge in [0.1, 0.15) is 0 Å². The summed E-state index contributed by atoms with van der Waals surface area (Å²) < 4.78 is 0. The van der Waals surface area contributed by atoms with Gasteiger partial charge in [0.2, 0.25) is 0 Å². The van der Waals surface area contributed by atoms with Gasteiger partial charge in [-0.05, 0) is 135 Å². The average molecular weight is 1400 g/mol. The minimum absolute atomic E-state index is 0.964. The predicted molar refractivity (Wildman–Crippen MR) is 455 cm³/mol. The van der Waals surface area contributed by atoms with Gasteiger partial charge >= 0.3 is 0 Å². The molecular formula is C97H161N5. The van der Waals surface area contributed by atoms with Crippen molar-refractivity contribution in [2.24, 2.45) is 0 Å². The first-order valence-corrected chi connectivity index (χ1v) is 45.7. The van der Waals surface area contributed by atoms with Crippen molar-refractivity contribution in [2.45, 2.75) is 464 Å². The minimum Gasteiger partial charge on any atom is -0.355 e. The third-order valence-corrected chi connectivity index (χ3v) is 23.2. The molecule has 0 atom stereocenters. The first-order chi connectivity index (χ1) is 50.6. The van der Waals surface area contributed by atoms with Crippen LogP contribution >= 0.6 is 0 Å². The number of nitrogens with zero attached hydrogens (tertiary/aromatic N) is 3. The number of aryl methyl sites for hydroxylation is 1. The van der Waals surface area contributed by atoms with Gasteiger partial charge < -0.3 is 9.97 Å². The highest BCUT2D eigenvalue weighted by molar-refractivity contribution is 5.91. The fourth-order valence-electron chi connectivity index (χ4n) is 16.7. The van der Waals surface area contributed by atoms with E-state index >= 15 is 0 Å². The van der Waals surface area contributed by atoms with Crippen molar-refractivity contribution < 1.29 is 0 Å². The lowest BCUT2D eigenvalue weighted by Crippen LogP contribution is -2.12. The molecule has 4 aromatic heterocycles. The Morgan fingerprint density at radius 3 is 0.814 bits per heavy atom. The quantitative estimate of drug-likeness (QED) is 0.0374. The maximum atomic E-state index is 6.25. The number of aromatic amines is 2. The van der Waals surface area contributed by atoms with Gasteiger partial charge in [-0.15, -0.1) is 0 Å². The molecule has 6 rings (SSSR count). The van der Waals surface area contributed by atoms with Crippen LogP contribution in [0.4, 0.5) is 0 Å². The predicted octanol–water partition coefficient (Wildman–Crippen LogP) is 32.9. The molecule has 0 saturated heterocycles. The average Bonchev–Trinajstić information content (AvgIpc) is 1.30. The third-order valence-electron chi connectivity index (χ3n) is 23.2. The summed E-state index contributed by atoms with van der Waals surface area (Å²) in [5.41, 5.74) is 17.0. The van der Waals surface area contributed by atoms with Crippen molar-refractivity contribution in [2.75, 3.05) is 0 Å². The Hall–Kier alpha value is -4.25. The Morgan fingerprint density at radius 2 is 0.480 bits per heavy atom. The van der Waals surface area contributed by atoms with Crippen LogP contribution in [0.2, 0.25) is 0 Å². The summed E-state index contributed by atoms with van der Waals surface area (Å²) in [6.07, 6.45) is 103. The highest BCUT2D eigenvalue weighted by Crippen LogP contribution is 2.38. The number of aromatic nitrogens is 5. The van der Waals surface area contributed by atoms with Gasteiger partial charge in [-0.1, -0.05) is 413 Å². The smallest absolute Gasteiger partial charge is 0.0782 e. The van der Waals surface area contributed by atoms with Gasteiger partial charge in [0, 0.05) is 27.8 Å². The molecule has 0 amide bonds. The Morgan fingerprint density at radius 1 is 0.225 bits per heavy atom. The zero-order valence-electron chi connectivity index (χ0n) is 67.8. The SMILES string of the molecule is CCCCCCCCCCCCCCCCCCc1nc(-c2c3nc(cc4ccc(cc5nc(cc6ccc2[nH]6)C=C5)[nH]4)C=C3)c(CCCCCCCCCCCCCCCCCC)c(CCCCCCCCCCCCCCCCCC)c1CCCCCCCCCCCCCCCCCC. The highest BCUT2D eigenvalue weighted by Gasteiger charge is 2.24. The zero-order valence-corrected chi connectivity index (χ0v) is 67.8. The van der Waals surface area contributed by atoms with Crippen LogP contribution < -0.4 is 0 Å². The van der Waals surface area contributed by atoms with Crippen LogP contribution in [0.5, 0.6) is 0 Å². The van der Waals surface area contributed by atoms with Gasteiger partial charge in [0.25, 0.3) is 0 Å². The van der Waals surface area contributed by atoms with Gasteiger partial charge in [-0.3, -0.25) is 4.98 Å². The molecule has 0 radical (unpaired) electrons. The molecule has 2 aliphatic heterocycles. The van der Waals surface area contributed by atoms with Crippen LogP contribution in [0.25, 0.3) is 57.6 Å². The summed E-state index contributed by atoms with van der Waals surface area (Å²) in [5, 5.41) is 0. The van der Waals surface area contributed by atoms with Crippen molar-refractivity contribution in [3.8, 4) is 11.3 Å². The highest BCUT2D eigenvalue weighted by atomic mass is 14.8. The number of hydrogen-bond donors (Lipinski definition) is 2. The molecule has 102 heavy (non-hydrogen) atoms. The van der Waals surface area contributed by atoms with E-state index in [2.05, 4.69) is 104 Å². The van der Waals surface area contributed by atoms with Crippen LogP contribution in [0.3, 0.4) is 0 Å². The molecule has 8 bridgehead atoms. The summed E-state index contributed by atoms with van der Waals surface area (Å²) >= 11 is 0. The Kier molecular flexibility index (Phi) is 50.8. The molecule has 5 heteroatoms. The van der Waals surface area contributed by atoms with Crippen LogP contribution in [0.15, 0.2) is 42.5 Å². The Balaban J connectivity index is 1.26. The Bertz CT molecular complexity index is 2900.